The topological polar surface area (TPSA) is 4.93 Å². The molecule has 0 amide bonds. The molecule has 0 saturated heterocycles. The Kier molecular flexibility index (Phi) is 3.27. The highest BCUT2D eigenvalue weighted by Crippen LogP contribution is 2.53. The lowest BCUT2D eigenvalue weighted by atomic mass is 9.80. The lowest BCUT2D eigenvalue weighted by Gasteiger charge is -2.24. The molecule has 0 unspecified atom stereocenters. The van der Waals surface area contributed by atoms with Crippen LogP contribution in [-0.4, -0.2) is 4.57 Å². The first kappa shape index (κ1) is 17.6. The minimum absolute atomic E-state index is 0.0820. The van der Waals surface area contributed by atoms with Gasteiger partial charge in [0.1, 0.15) is 0 Å². The van der Waals surface area contributed by atoms with Crippen molar-refractivity contribution >= 4 is 59.3 Å². The number of halogens is 1. The largest absolute Gasteiger partial charge is 0.309 e. The van der Waals surface area contributed by atoms with Crippen LogP contribution in [0.15, 0.2) is 89.4 Å². The third-order valence-electron chi connectivity index (χ3n) is 7.17. The number of nitrogens with zero attached hydrogens (tertiary/aromatic N) is 1. The van der Waals surface area contributed by atoms with E-state index in [1.54, 1.807) is 0 Å². The molecular formula is C29H20BrN. The molecule has 1 nitrogen and oxygen atoms in total. The van der Waals surface area contributed by atoms with Crippen molar-refractivity contribution in [1.82, 2.24) is 4.57 Å². The Hall–Kier alpha value is -3.10. The summed E-state index contributed by atoms with van der Waals surface area (Å²) < 4.78 is 3.64. The van der Waals surface area contributed by atoms with Crippen molar-refractivity contribution in [1.29, 1.82) is 0 Å². The fraction of sp³-hybridized carbons (Fsp3) is 0.103. The molecule has 0 bridgehead atoms. The van der Waals surface area contributed by atoms with E-state index in [-0.39, 0.29) is 5.41 Å². The molecule has 0 radical (unpaired) electrons. The molecule has 0 aliphatic heterocycles. The number of para-hydroxylation sites is 2. The predicted octanol–water partition coefficient (Wildman–Crippen LogP) is 8.49. The van der Waals surface area contributed by atoms with Crippen LogP contribution in [0.4, 0.5) is 0 Å². The summed E-state index contributed by atoms with van der Waals surface area (Å²) in [6.07, 6.45) is 0. The predicted molar refractivity (Wildman–Crippen MR) is 136 cm³/mol. The van der Waals surface area contributed by atoms with E-state index in [1.807, 2.05) is 0 Å². The van der Waals surface area contributed by atoms with Gasteiger partial charge in [0.15, 0.2) is 0 Å². The Morgan fingerprint density at radius 2 is 1.48 bits per heavy atom. The molecule has 1 aliphatic carbocycles. The fourth-order valence-corrected chi connectivity index (χ4v) is 6.32. The molecule has 1 aromatic heterocycles. The van der Waals surface area contributed by atoms with Crippen LogP contribution in [0.25, 0.3) is 49.0 Å². The van der Waals surface area contributed by atoms with E-state index in [0.29, 0.717) is 0 Å². The average molecular weight is 462 g/mol. The molecule has 1 aliphatic rings. The van der Waals surface area contributed by atoms with Crippen molar-refractivity contribution in [2.45, 2.75) is 19.3 Å². The second-order valence-corrected chi connectivity index (χ2v) is 10.00. The van der Waals surface area contributed by atoms with Crippen molar-refractivity contribution < 1.29 is 0 Å². The minimum Gasteiger partial charge on any atom is -0.309 e. The maximum atomic E-state index is 3.80. The zero-order valence-electron chi connectivity index (χ0n) is 17.4. The number of benzene rings is 5. The van der Waals surface area contributed by atoms with Gasteiger partial charge in [-0.25, -0.2) is 0 Å². The fourth-order valence-electron chi connectivity index (χ4n) is 5.86. The van der Waals surface area contributed by atoms with E-state index in [4.69, 9.17) is 0 Å². The highest BCUT2D eigenvalue weighted by molar-refractivity contribution is 9.10. The summed E-state index contributed by atoms with van der Waals surface area (Å²) in [6.45, 7) is 4.77. The van der Waals surface area contributed by atoms with Crippen LogP contribution in [0.1, 0.15) is 25.0 Å². The molecule has 0 saturated carbocycles. The van der Waals surface area contributed by atoms with Crippen LogP contribution >= 0.6 is 15.9 Å². The maximum absolute atomic E-state index is 3.80. The Balaban J connectivity index is 1.82. The molecule has 6 aromatic rings. The van der Waals surface area contributed by atoms with Gasteiger partial charge in [-0.05, 0) is 63.0 Å². The molecule has 0 spiro atoms. The smallest absolute Gasteiger partial charge is 0.0588 e. The average Bonchev–Trinajstić information content (AvgIpc) is 3.23. The van der Waals surface area contributed by atoms with Crippen molar-refractivity contribution in [2.75, 3.05) is 0 Å². The highest BCUT2D eigenvalue weighted by atomic mass is 79.9. The van der Waals surface area contributed by atoms with E-state index in [2.05, 4.69) is 119 Å². The standard InChI is InChI=1S/C29H20BrN/c1-29(2)22-14-15-23(30)20-13-12-17-16-21-19-10-6-7-11-24(19)31(18-8-4-3-5-9-18)28(21)27(29)25(17)26(20)22/h3-16H,1-2H3. The van der Waals surface area contributed by atoms with Gasteiger partial charge < -0.3 is 4.57 Å². The Bertz CT molecular complexity index is 1700. The first-order valence-electron chi connectivity index (χ1n) is 10.7. The van der Waals surface area contributed by atoms with Gasteiger partial charge in [0, 0.05) is 26.3 Å². The van der Waals surface area contributed by atoms with Gasteiger partial charge in [-0.15, -0.1) is 0 Å². The number of rotatable bonds is 1. The van der Waals surface area contributed by atoms with Crippen LogP contribution in [0.2, 0.25) is 0 Å². The highest BCUT2D eigenvalue weighted by Gasteiger charge is 2.37. The van der Waals surface area contributed by atoms with Gasteiger partial charge in [0.25, 0.3) is 0 Å². The van der Waals surface area contributed by atoms with E-state index < -0.39 is 0 Å². The minimum atomic E-state index is -0.0820. The van der Waals surface area contributed by atoms with Gasteiger partial charge in [-0.2, -0.15) is 0 Å². The van der Waals surface area contributed by atoms with Crippen LogP contribution in [0, 0.1) is 0 Å². The maximum Gasteiger partial charge on any atom is 0.0588 e. The molecule has 2 heteroatoms. The molecule has 31 heavy (non-hydrogen) atoms. The lowest BCUT2D eigenvalue weighted by Crippen LogP contribution is -2.17. The summed E-state index contributed by atoms with van der Waals surface area (Å²) in [5.41, 5.74) is 6.59. The van der Waals surface area contributed by atoms with Crippen LogP contribution < -0.4 is 0 Å². The van der Waals surface area contributed by atoms with Crippen molar-refractivity contribution in [3.63, 3.8) is 0 Å². The van der Waals surface area contributed by atoms with Crippen molar-refractivity contribution in [3.05, 3.63) is 101 Å². The van der Waals surface area contributed by atoms with E-state index in [1.165, 1.54) is 64.6 Å². The molecule has 0 fully saturated rings. The molecule has 0 N–H and O–H groups in total. The summed E-state index contributed by atoms with van der Waals surface area (Å²) in [4.78, 5) is 0. The van der Waals surface area contributed by atoms with Crippen LogP contribution in [-0.2, 0) is 5.41 Å². The third-order valence-corrected chi connectivity index (χ3v) is 7.87. The van der Waals surface area contributed by atoms with Gasteiger partial charge in [0.2, 0.25) is 0 Å². The van der Waals surface area contributed by atoms with E-state index in [9.17, 15) is 0 Å². The molecule has 5 aromatic carbocycles. The zero-order valence-corrected chi connectivity index (χ0v) is 19.0. The van der Waals surface area contributed by atoms with Crippen molar-refractivity contribution in [2.24, 2.45) is 0 Å². The molecule has 7 rings (SSSR count). The molecular weight excluding hydrogens is 442 g/mol. The van der Waals surface area contributed by atoms with E-state index >= 15 is 0 Å². The SMILES string of the molecule is CC1(C)c2ccc(Br)c3ccc4cc5c6ccccc6n(-c6ccccc6)c5c1c4c23. The third kappa shape index (κ3) is 2.06. The zero-order chi connectivity index (χ0) is 20.9. The van der Waals surface area contributed by atoms with Gasteiger partial charge in [-0.1, -0.05) is 84.4 Å². The second-order valence-electron chi connectivity index (χ2n) is 9.14. The normalized spacial score (nSPS) is 14.5. The van der Waals surface area contributed by atoms with Crippen LogP contribution in [0.5, 0.6) is 0 Å². The second kappa shape index (κ2) is 5.77. The summed E-state index contributed by atoms with van der Waals surface area (Å²) in [5, 5.41) is 8.09. The molecule has 1 heterocycles. The monoisotopic (exact) mass is 461 g/mol. The Morgan fingerprint density at radius 3 is 2.32 bits per heavy atom. The first-order valence-corrected chi connectivity index (χ1v) is 11.5. The first-order chi connectivity index (χ1) is 15.1. The number of fused-ring (bicyclic) bond motifs is 4. The van der Waals surface area contributed by atoms with E-state index in [0.717, 1.165) is 0 Å². The van der Waals surface area contributed by atoms with Crippen molar-refractivity contribution in [3.8, 4) is 5.69 Å². The number of aromatic nitrogens is 1. The number of hydrogen-bond acceptors (Lipinski definition) is 0. The summed E-state index contributed by atoms with van der Waals surface area (Å²) in [5.74, 6) is 0. The lowest BCUT2D eigenvalue weighted by molar-refractivity contribution is 0.666. The summed E-state index contributed by atoms with van der Waals surface area (Å²) in [6, 6.07) is 31.1. The van der Waals surface area contributed by atoms with Gasteiger partial charge in [-0.3, -0.25) is 0 Å². The summed E-state index contributed by atoms with van der Waals surface area (Å²) >= 11 is 3.80. The summed E-state index contributed by atoms with van der Waals surface area (Å²) in [7, 11) is 0. The van der Waals surface area contributed by atoms with Gasteiger partial charge >= 0.3 is 0 Å². The Labute approximate surface area is 189 Å². The van der Waals surface area contributed by atoms with Crippen LogP contribution in [0.3, 0.4) is 0 Å². The quantitative estimate of drug-likeness (QED) is 0.216. The molecule has 148 valence electrons. The number of hydrogen-bond donors (Lipinski definition) is 0. The van der Waals surface area contributed by atoms with Gasteiger partial charge in [0.05, 0.1) is 11.0 Å². The Morgan fingerprint density at radius 1 is 0.710 bits per heavy atom. The molecule has 0 atom stereocenters.